The highest BCUT2D eigenvalue weighted by Gasteiger charge is 2.31. The molecule has 0 aromatic carbocycles. The number of β-amino-alcohol motifs (C(OH)–C–C–N with tert-alkyl or cyclic N) is 1. The van der Waals surface area contributed by atoms with Crippen LogP contribution in [-0.2, 0) is 4.79 Å². The van der Waals surface area contributed by atoms with Crippen LogP contribution >= 0.6 is 0 Å². The molecule has 1 rings (SSSR count). The van der Waals surface area contributed by atoms with Crippen molar-refractivity contribution in [3.05, 3.63) is 0 Å². The minimum absolute atomic E-state index is 0.0832. The van der Waals surface area contributed by atoms with Crippen molar-refractivity contribution in [3.63, 3.8) is 0 Å². The van der Waals surface area contributed by atoms with Gasteiger partial charge in [0, 0.05) is 38.3 Å². The third-order valence-electron chi connectivity index (χ3n) is 3.96. The summed E-state index contributed by atoms with van der Waals surface area (Å²) in [4.78, 5) is 16.7. The topological polar surface area (TPSA) is 55.8 Å². The first-order valence-electron chi connectivity index (χ1n) is 7.81. The van der Waals surface area contributed by atoms with E-state index in [1.54, 1.807) is 0 Å². The minimum atomic E-state index is -0.294. The molecule has 0 aliphatic carbocycles. The average molecular weight is 285 g/mol. The van der Waals surface area contributed by atoms with E-state index in [0.29, 0.717) is 6.04 Å². The lowest BCUT2D eigenvalue weighted by Crippen LogP contribution is -2.59. The van der Waals surface area contributed by atoms with E-state index in [4.69, 9.17) is 0 Å². The lowest BCUT2D eigenvalue weighted by atomic mass is 10.1. The molecular weight excluding hydrogens is 254 g/mol. The molecule has 0 radical (unpaired) electrons. The van der Waals surface area contributed by atoms with Crippen molar-refractivity contribution in [2.24, 2.45) is 0 Å². The fraction of sp³-hybridized carbons (Fsp3) is 0.933. The van der Waals surface area contributed by atoms with Gasteiger partial charge in [0.05, 0.1) is 12.1 Å². The first kappa shape index (κ1) is 17.4. The molecule has 118 valence electrons. The number of piperazine rings is 1. The normalized spacial score (nSPS) is 24.6. The molecule has 1 aliphatic heterocycles. The van der Waals surface area contributed by atoms with Gasteiger partial charge in [0.25, 0.3) is 0 Å². The van der Waals surface area contributed by atoms with Gasteiger partial charge in [-0.1, -0.05) is 6.92 Å². The number of amides is 1. The van der Waals surface area contributed by atoms with Crippen LogP contribution in [0.4, 0.5) is 0 Å². The summed E-state index contributed by atoms with van der Waals surface area (Å²) in [6, 6.07) is 0.524. The van der Waals surface area contributed by atoms with E-state index in [1.807, 2.05) is 27.7 Å². The van der Waals surface area contributed by atoms with Gasteiger partial charge in [-0.05, 0) is 34.1 Å². The van der Waals surface area contributed by atoms with Crippen LogP contribution in [0.1, 0.15) is 41.0 Å². The first-order valence-corrected chi connectivity index (χ1v) is 7.81. The Morgan fingerprint density at radius 3 is 2.45 bits per heavy atom. The van der Waals surface area contributed by atoms with Crippen molar-refractivity contribution in [3.8, 4) is 0 Å². The summed E-state index contributed by atoms with van der Waals surface area (Å²) < 4.78 is 0. The van der Waals surface area contributed by atoms with Crippen LogP contribution in [0.2, 0.25) is 0 Å². The quantitative estimate of drug-likeness (QED) is 0.753. The van der Waals surface area contributed by atoms with E-state index in [2.05, 4.69) is 22.0 Å². The van der Waals surface area contributed by atoms with Crippen molar-refractivity contribution in [1.82, 2.24) is 15.1 Å². The Bertz CT molecular complexity index is 307. The maximum Gasteiger partial charge on any atom is 0.237 e. The maximum absolute atomic E-state index is 12.1. The summed E-state index contributed by atoms with van der Waals surface area (Å²) in [5.74, 6) is 0.110. The van der Waals surface area contributed by atoms with Gasteiger partial charge in [0.2, 0.25) is 5.91 Å². The summed E-state index contributed by atoms with van der Waals surface area (Å²) in [6.45, 7) is 13.4. The fourth-order valence-corrected chi connectivity index (χ4v) is 2.81. The second kappa shape index (κ2) is 7.96. The Labute approximate surface area is 123 Å². The summed E-state index contributed by atoms with van der Waals surface area (Å²) >= 11 is 0. The molecule has 5 nitrogen and oxygen atoms in total. The molecular formula is C15H31N3O2. The van der Waals surface area contributed by atoms with Crippen LogP contribution < -0.4 is 5.32 Å². The third-order valence-corrected chi connectivity index (χ3v) is 3.96. The van der Waals surface area contributed by atoms with Gasteiger partial charge in [-0.3, -0.25) is 14.6 Å². The van der Waals surface area contributed by atoms with Crippen LogP contribution in [0.3, 0.4) is 0 Å². The smallest absolute Gasteiger partial charge is 0.237 e. The number of rotatable bonds is 6. The second-order valence-corrected chi connectivity index (χ2v) is 6.24. The number of nitrogens with zero attached hydrogens (tertiary/aromatic N) is 2. The number of aliphatic hydroxyl groups is 1. The molecule has 0 bridgehead atoms. The van der Waals surface area contributed by atoms with Gasteiger partial charge in [-0.25, -0.2) is 0 Å². The molecule has 3 atom stereocenters. The summed E-state index contributed by atoms with van der Waals surface area (Å²) in [5.41, 5.74) is 0. The highest BCUT2D eigenvalue weighted by atomic mass is 16.3. The van der Waals surface area contributed by atoms with Gasteiger partial charge in [-0.15, -0.1) is 0 Å². The predicted octanol–water partition coefficient (Wildman–Crippen LogP) is 0.677. The third kappa shape index (κ3) is 5.04. The molecule has 1 amide bonds. The molecule has 0 saturated carbocycles. The molecule has 2 N–H and O–H groups in total. The summed E-state index contributed by atoms with van der Waals surface area (Å²) in [7, 11) is 0. The minimum Gasteiger partial charge on any atom is -0.392 e. The predicted molar refractivity (Wildman–Crippen MR) is 81.6 cm³/mol. The van der Waals surface area contributed by atoms with Crippen LogP contribution in [0.15, 0.2) is 0 Å². The number of carbonyl (C=O) groups is 1. The maximum atomic E-state index is 12.1. The van der Waals surface area contributed by atoms with E-state index in [-0.39, 0.29) is 24.1 Å². The number of hydrogen-bond acceptors (Lipinski definition) is 4. The monoisotopic (exact) mass is 285 g/mol. The Hall–Kier alpha value is -0.650. The van der Waals surface area contributed by atoms with Crippen molar-refractivity contribution < 1.29 is 9.90 Å². The van der Waals surface area contributed by atoms with Gasteiger partial charge in [0.1, 0.15) is 0 Å². The summed E-state index contributed by atoms with van der Waals surface area (Å²) in [5, 5.41) is 12.5. The Balaban J connectivity index is 2.57. The zero-order valence-corrected chi connectivity index (χ0v) is 13.6. The molecule has 1 saturated heterocycles. The van der Waals surface area contributed by atoms with Crippen molar-refractivity contribution in [2.75, 3.05) is 26.2 Å². The lowest BCUT2D eigenvalue weighted by Gasteiger charge is -2.43. The average Bonchev–Trinajstić information content (AvgIpc) is 2.36. The fourth-order valence-electron chi connectivity index (χ4n) is 2.81. The molecule has 5 heteroatoms. The van der Waals surface area contributed by atoms with E-state index in [1.165, 1.54) is 0 Å². The van der Waals surface area contributed by atoms with E-state index in [0.717, 1.165) is 32.6 Å². The van der Waals surface area contributed by atoms with Gasteiger partial charge in [-0.2, -0.15) is 0 Å². The number of aliphatic hydroxyl groups excluding tert-OH is 1. The molecule has 0 spiro atoms. The van der Waals surface area contributed by atoms with E-state index in [9.17, 15) is 9.90 Å². The first-order chi connectivity index (χ1) is 9.35. The zero-order chi connectivity index (χ0) is 15.3. The standard InChI is InChI=1S/C15H31N3O2/c1-6-14-10-17(7-8-18(14)9-12(4)19)13(5)15(20)16-11(2)3/h11-14,19H,6-10H2,1-5H3,(H,16,20)/t12-,13+,14+/m0/s1. The molecule has 1 fully saturated rings. The van der Waals surface area contributed by atoms with Gasteiger partial charge in [0.15, 0.2) is 0 Å². The molecule has 20 heavy (non-hydrogen) atoms. The Kier molecular flexibility index (Phi) is 6.92. The molecule has 0 aromatic heterocycles. The largest absolute Gasteiger partial charge is 0.392 e. The van der Waals surface area contributed by atoms with Crippen molar-refractivity contribution >= 4 is 5.91 Å². The van der Waals surface area contributed by atoms with Crippen LogP contribution in [-0.4, -0.2) is 71.2 Å². The van der Waals surface area contributed by atoms with Crippen LogP contribution in [0, 0.1) is 0 Å². The second-order valence-electron chi connectivity index (χ2n) is 6.24. The van der Waals surface area contributed by atoms with Crippen molar-refractivity contribution in [2.45, 2.75) is 65.3 Å². The Morgan fingerprint density at radius 2 is 1.95 bits per heavy atom. The van der Waals surface area contributed by atoms with Crippen LogP contribution in [0.25, 0.3) is 0 Å². The number of carbonyl (C=O) groups excluding carboxylic acids is 1. The van der Waals surface area contributed by atoms with E-state index < -0.39 is 0 Å². The highest BCUT2D eigenvalue weighted by Crippen LogP contribution is 2.15. The summed E-state index contributed by atoms with van der Waals surface area (Å²) in [6.07, 6.45) is 0.749. The zero-order valence-electron chi connectivity index (χ0n) is 13.6. The van der Waals surface area contributed by atoms with Crippen molar-refractivity contribution in [1.29, 1.82) is 0 Å². The molecule has 0 unspecified atom stereocenters. The van der Waals surface area contributed by atoms with Gasteiger partial charge >= 0.3 is 0 Å². The van der Waals surface area contributed by atoms with E-state index >= 15 is 0 Å². The number of nitrogens with one attached hydrogen (secondary N) is 1. The molecule has 0 aromatic rings. The molecule has 1 heterocycles. The highest BCUT2D eigenvalue weighted by molar-refractivity contribution is 5.81. The SMILES string of the molecule is CC[C@@H]1CN([C@H](C)C(=O)NC(C)C)CCN1C[C@H](C)O. The molecule has 1 aliphatic rings. The Morgan fingerprint density at radius 1 is 1.30 bits per heavy atom. The lowest BCUT2D eigenvalue weighted by molar-refractivity contribution is -0.127. The van der Waals surface area contributed by atoms with Gasteiger partial charge < -0.3 is 10.4 Å². The number of hydrogen-bond donors (Lipinski definition) is 2. The van der Waals surface area contributed by atoms with Crippen LogP contribution in [0.5, 0.6) is 0 Å².